The summed E-state index contributed by atoms with van der Waals surface area (Å²) in [4.78, 5) is 26.5. The van der Waals surface area contributed by atoms with Crippen molar-refractivity contribution in [2.75, 3.05) is 11.4 Å². The average Bonchev–Trinajstić information content (AvgIpc) is 3.28. The van der Waals surface area contributed by atoms with Crippen molar-refractivity contribution in [3.63, 3.8) is 0 Å². The van der Waals surface area contributed by atoms with Gasteiger partial charge in [0, 0.05) is 24.0 Å². The number of anilines is 1. The SMILES string of the molecule is N#Cc1ccc(N2CCC(OC(=O)c3ccc4cn[nH]c4c3)C2=O)cc1. The summed E-state index contributed by atoms with van der Waals surface area (Å²) in [7, 11) is 0. The molecule has 4 rings (SSSR count). The molecular weight excluding hydrogens is 332 g/mol. The molecule has 1 N–H and O–H groups in total. The van der Waals surface area contributed by atoms with Gasteiger partial charge in [-0.15, -0.1) is 0 Å². The topological polar surface area (TPSA) is 99.1 Å². The first kappa shape index (κ1) is 15.8. The summed E-state index contributed by atoms with van der Waals surface area (Å²) in [6, 6.07) is 13.9. The zero-order valence-corrected chi connectivity index (χ0v) is 13.7. The fourth-order valence-corrected chi connectivity index (χ4v) is 3.00. The summed E-state index contributed by atoms with van der Waals surface area (Å²) < 4.78 is 5.41. The maximum Gasteiger partial charge on any atom is 0.338 e. The molecule has 0 saturated carbocycles. The average molecular weight is 346 g/mol. The van der Waals surface area contributed by atoms with E-state index in [1.807, 2.05) is 6.07 Å². The van der Waals surface area contributed by atoms with Crippen molar-refractivity contribution in [3.8, 4) is 6.07 Å². The Morgan fingerprint density at radius 1 is 1.27 bits per heavy atom. The normalized spacial score (nSPS) is 16.7. The third kappa shape index (κ3) is 2.78. The Kier molecular flexibility index (Phi) is 3.86. The van der Waals surface area contributed by atoms with E-state index in [2.05, 4.69) is 10.2 Å². The van der Waals surface area contributed by atoms with Crippen molar-refractivity contribution in [2.24, 2.45) is 0 Å². The van der Waals surface area contributed by atoms with Crippen LogP contribution in [0, 0.1) is 11.3 Å². The number of amides is 1. The first-order chi connectivity index (χ1) is 12.7. The molecule has 7 nitrogen and oxygen atoms in total. The number of nitrogens with zero attached hydrogens (tertiary/aromatic N) is 3. The molecule has 1 saturated heterocycles. The first-order valence-corrected chi connectivity index (χ1v) is 8.11. The molecule has 3 aromatic rings. The summed E-state index contributed by atoms with van der Waals surface area (Å²) in [6.07, 6.45) is 1.28. The monoisotopic (exact) mass is 346 g/mol. The van der Waals surface area contributed by atoms with Crippen LogP contribution in [0.3, 0.4) is 0 Å². The molecule has 1 amide bonds. The quantitative estimate of drug-likeness (QED) is 0.734. The molecule has 2 aromatic carbocycles. The minimum absolute atomic E-state index is 0.259. The molecule has 0 radical (unpaired) electrons. The number of hydrogen-bond donors (Lipinski definition) is 1. The van der Waals surface area contributed by atoms with E-state index in [1.54, 1.807) is 53.6 Å². The lowest BCUT2D eigenvalue weighted by molar-refractivity contribution is -0.124. The lowest BCUT2D eigenvalue weighted by Crippen LogP contribution is -2.32. The number of fused-ring (bicyclic) bond motifs is 1. The van der Waals surface area contributed by atoms with Crippen molar-refractivity contribution in [3.05, 3.63) is 59.8 Å². The number of ether oxygens (including phenoxy) is 1. The summed E-state index contributed by atoms with van der Waals surface area (Å²) in [5.41, 5.74) is 2.31. The molecule has 1 aromatic heterocycles. The summed E-state index contributed by atoms with van der Waals surface area (Å²) in [5.74, 6) is -0.799. The van der Waals surface area contributed by atoms with Crippen LogP contribution in [0.5, 0.6) is 0 Å². The van der Waals surface area contributed by atoms with Crippen LogP contribution in [0.1, 0.15) is 22.3 Å². The molecule has 1 fully saturated rings. The molecule has 1 atom stereocenters. The molecule has 1 aliphatic heterocycles. The fraction of sp³-hybridized carbons (Fsp3) is 0.158. The molecular formula is C19H14N4O3. The number of carbonyl (C=O) groups is 2. The van der Waals surface area contributed by atoms with Crippen LogP contribution in [-0.2, 0) is 9.53 Å². The van der Waals surface area contributed by atoms with E-state index >= 15 is 0 Å². The van der Waals surface area contributed by atoms with E-state index in [4.69, 9.17) is 10.00 Å². The highest BCUT2D eigenvalue weighted by molar-refractivity contribution is 6.01. The van der Waals surface area contributed by atoms with Gasteiger partial charge in [-0.1, -0.05) is 6.07 Å². The Hall–Kier alpha value is -3.66. The minimum Gasteiger partial charge on any atom is -0.449 e. The van der Waals surface area contributed by atoms with Crippen molar-refractivity contribution >= 4 is 28.5 Å². The van der Waals surface area contributed by atoms with Crippen LogP contribution >= 0.6 is 0 Å². The highest BCUT2D eigenvalue weighted by Gasteiger charge is 2.35. The molecule has 128 valence electrons. The van der Waals surface area contributed by atoms with Gasteiger partial charge in [0.15, 0.2) is 6.10 Å². The van der Waals surface area contributed by atoms with Crippen LogP contribution < -0.4 is 4.90 Å². The zero-order valence-electron chi connectivity index (χ0n) is 13.7. The van der Waals surface area contributed by atoms with Crippen molar-refractivity contribution in [2.45, 2.75) is 12.5 Å². The van der Waals surface area contributed by atoms with Crippen molar-refractivity contribution < 1.29 is 14.3 Å². The third-order valence-corrected chi connectivity index (χ3v) is 4.39. The zero-order chi connectivity index (χ0) is 18.1. The van der Waals surface area contributed by atoms with Crippen LogP contribution in [0.15, 0.2) is 48.7 Å². The molecule has 26 heavy (non-hydrogen) atoms. The van der Waals surface area contributed by atoms with E-state index in [0.717, 1.165) is 10.9 Å². The standard InChI is InChI=1S/C19H14N4O3/c20-10-12-1-5-15(6-2-12)23-8-7-17(18(23)24)26-19(25)13-3-4-14-11-21-22-16(14)9-13/h1-6,9,11,17H,7-8H2,(H,21,22). The van der Waals surface area contributed by atoms with E-state index < -0.39 is 12.1 Å². The number of nitrogens with one attached hydrogen (secondary N) is 1. The summed E-state index contributed by atoms with van der Waals surface area (Å²) in [5, 5.41) is 16.5. The van der Waals surface area contributed by atoms with Gasteiger partial charge in [0.25, 0.3) is 5.91 Å². The molecule has 0 aliphatic carbocycles. The molecule has 1 aliphatic rings. The molecule has 0 bridgehead atoms. The number of nitriles is 1. The Morgan fingerprint density at radius 3 is 2.85 bits per heavy atom. The molecule has 1 unspecified atom stereocenters. The van der Waals surface area contributed by atoms with Gasteiger partial charge in [0.1, 0.15) is 0 Å². The predicted octanol–water partition coefficient (Wildman–Crippen LogP) is 2.40. The Bertz CT molecular complexity index is 1030. The number of H-pyrrole nitrogens is 1. The summed E-state index contributed by atoms with van der Waals surface area (Å²) in [6.45, 7) is 0.461. The van der Waals surface area contributed by atoms with Gasteiger partial charge in [-0.25, -0.2) is 4.79 Å². The van der Waals surface area contributed by atoms with Gasteiger partial charge >= 0.3 is 5.97 Å². The second-order valence-electron chi connectivity index (χ2n) is 6.00. The second kappa shape index (κ2) is 6.33. The van der Waals surface area contributed by atoms with Gasteiger partial charge in [0.2, 0.25) is 0 Å². The van der Waals surface area contributed by atoms with E-state index in [1.165, 1.54) is 0 Å². The Balaban J connectivity index is 1.47. The maximum absolute atomic E-state index is 12.6. The van der Waals surface area contributed by atoms with Gasteiger partial charge < -0.3 is 9.64 Å². The maximum atomic E-state index is 12.6. The first-order valence-electron chi connectivity index (χ1n) is 8.11. The number of benzene rings is 2. The number of hydrogen-bond acceptors (Lipinski definition) is 5. The molecule has 0 spiro atoms. The van der Waals surface area contributed by atoms with Crippen molar-refractivity contribution in [1.82, 2.24) is 10.2 Å². The van der Waals surface area contributed by atoms with Gasteiger partial charge in [-0.3, -0.25) is 9.89 Å². The highest BCUT2D eigenvalue weighted by atomic mass is 16.5. The number of esters is 1. The van der Waals surface area contributed by atoms with E-state index in [9.17, 15) is 9.59 Å². The predicted molar refractivity (Wildman–Crippen MR) is 93.4 cm³/mol. The smallest absolute Gasteiger partial charge is 0.338 e. The van der Waals surface area contributed by atoms with Gasteiger partial charge in [0.05, 0.1) is 28.9 Å². The van der Waals surface area contributed by atoms with Crippen molar-refractivity contribution in [1.29, 1.82) is 5.26 Å². The third-order valence-electron chi connectivity index (χ3n) is 4.39. The Morgan fingerprint density at radius 2 is 2.08 bits per heavy atom. The lowest BCUT2D eigenvalue weighted by Gasteiger charge is -2.17. The second-order valence-corrected chi connectivity index (χ2v) is 6.00. The summed E-state index contributed by atoms with van der Waals surface area (Å²) >= 11 is 0. The fourth-order valence-electron chi connectivity index (χ4n) is 3.00. The van der Waals surface area contributed by atoms with Crippen LogP contribution in [0.25, 0.3) is 10.9 Å². The molecule has 7 heteroatoms. The van der Waals surface area contributed by atoms with E-state index in [-0.39, 0.29) is 5.91 Å². The number of carbonyl (C=O) groups excluding carboxylic acids is 2. The van der Waals surface area contributed by atoms with Crippen LogP contribution in [-0.4, -0.2) is 34.7 Å². The number of aromatic amines is 1. The minimum atomic E-state index is -0.810. The van der Waals surface area contributed by atoms with Crippen LogP contribution in [0.2, 0.25) is 0 Å². The number of rotatable bonds is 3. The molecule has 2 heterocycles. The van der Waals surface area contributed by atoms with E-state index in [0.29, 0.717) is 29.8 Å². The lowest BCUT2D eigenvalue weighted by atomic mass is 10.1. The Labute approximate surface area is 148 Å². The van der Waals surface area contributed by atoms with Gasteiger partial charge in [-0.2, -0.15) is 10.4 Å². The van der Waals surface area contributed by atoms with Crippen LogP contribution in [0.4, 0.5) is 5.69 Å². The number of aromatic nitrogens is 2. The highest BCUT2D eigenvalue weighted by Crippen LogP contribution is 2.24. The largest absolute Gasteiger partial charge is 0.449 e. The van der Waals surface area contributed by atoms with Gasteiger partial charge in [-0.05, 0) is 36.4 Å².